The van der Waals surface area contributed by atoms with Gasteiger partial charge >= 0.3 is 12.0 Å². The SMILES string of the molecule is CCC(CC(=O)O)NC(=O)N1CC(=O)NC(=O)C1C. The number of rotatable bonds is 4. The van der Waals surface area contributed by atoms with Crippen LogP contribution in [0.2, 0.25) is 0 Å². The molecule has 2 atom stereocenters. The average Bonchev–Trinajstić information content (AvgIpc) is 2.32. The van der Waals surface area contributed by atoms with Gasteiger partial charge in [-0.2, -0.15) is 0 Å². The molecule has 1 saturated heterocycles. The van der Waals surface area contributed by atoms with Crippen LogP contribution in [-0.2, 0) is 14.4 Å². The van der Waals surface area contributed by atoms with Crippen LogP contribution in [0.5, 0.6) is 0 Å². The molecule has 0 aromatic carbocycles. The first-order chi connectivity index (χ1) is 8.85. The highest BCUT2D eigenvalue weighted by molar-refractivity contribution is 6.03. The molecule has 4 amide bonds. The monoisotopic (exact) mass is 271 g/mol. The molecule has 2 unspecified atom stereocenters. The maximum atomic E-state index is 11.9. The van der Waals surface area contributed by atoms with Crippen molar-refractivity contribution in [2.75, 3.05) is 6.54 Å². The van der Waals surface area contributed by atoms with Crippen molar-refractivity contribution in [1.82, 2.24) is 15.5 Å². The Bertz CT molecular complexity index is 409. The Labute approximate surface area is 110 Å². The van der Waals surface area contributed by atoms with E-state index in [9.17, 15) is 19.2 Å². The van der Waals surface area contributed by atoms with Crippen molar-refractivity contribution in [3.63, 3.8) is 0 Å². The highest BCUT2D eigenvalue weighted by Crippen LogP contribution is 2.07. The number of amides is 4. The van der Waals surface area contributed by atoms with E-state index in [1.165, 1.54) is 6.92 Å². The Morgan fingerprint density at radius 2 is 2.16 bits per heavy atom. The number of nitrogens with one attached hydrogen (secondary N) is 2. The Morgan fingerprint density at radius 3 is 2.68 bits per heavy atom. The molecule has 0 bridgehead atoms. The highest BCUT2D eigenvalue weighted by atomic mass is 16.4. The number of carboxylic acids is 1. The van der Waals surface area contributed by atoms with Gasteiger partial charge in [0.1, 0.15) is 12.6 Å². The largest absolute Gasteiger partial charge is 0.481 e. The lowest BCUT2D eigenvalue weighted by Gasteiger charge is -2.32. The van der Waals surface area contributed by atoms with E-state index in [-0.39, 0.29) is 13.0 Å². The number of urea groups is 1. The van der Waals surface area contributed by atoms with Gasteiger partial charge in [0.05, 0.1) is 6.42 Å². The summed E-state index contributed by atoms with van der Waals surface area (Å²) in [5, 5.41) is 13.3. The fourth-order valence-corrected chi connectivity index (χ4v) is 1.73. The van der Waals surface area contributed by atoms with E-state index in [0.717, 1.165) is 4.90 Å². The van der Waals surface area contributed by atoms with Crippen LogP contribution in [0.25, 0.3) is 0 Å². The summed E-state index contributed by atoms with van der Waals surface area (Å²) in [6.07, 6.45) is 0.241. The van der Waals surface area contributed by atoms with Crippen molar-refractivity contribution in [1.29, 1.82) is 0 Å². The van der Waals surface area contributed by atoms with Crippen molar-refractivity contribution in [3.8, 4) is 0 Å². The first-order valence-corrected chi connectivity index (χ1v) is 5.97. The predicted molar refractivity (Wildman–Crippen MR) is 64.2 cm³/mol. The maximum Gasteiger partial charge on any atom is 0.318 e. The van der Waals surface area contributed by atoms with E-state index in [0.29, 0.717) is 6.42 Å². The normalized spacial score (nSPS) is 20.7. The standard InChI is InChI=1S/C11H17N3O5/c1-3-7(4-9(16)17)12-11(19)14-5-8(15)13-10(18)6(14)2/h6-7H,3-5H2,1-2H3,(H,12,19)(H,16,17)(H,13,15,18). The molecule has 0 radical (unpaired) electrons. The fourth-order valence-electron chi connectivity index (χ4n) is 1.73. The summed E-state index contributed by atoms with van der Waals surface area (Å²) >= 11 is 0. The lowest BCUT2D eigenvalue weighted by atomic mass is 10.1. The van der Waals surface area contributed by atoms with E-state index in [4.69, 9.17) is 5.11 Å². The lowest BCUT2D eigenvalue weighted by Crippen LogP contribution is -2.61. The minimum absolute atomic E-state index is 0.204. The number of carboxylic acid groups (broad SMARTS) is 1. The second-order valence-electron chi connectivity index (χ2n) is 4.37. The highest BCUT2D eigenvalue weighted by Gasteiger charge is 2.34. The third kappa shape index (κ3) is 3.94. The van der Waals surface area contributed by atoms with Crippen LogP contribution < -0.4 is 10.6 Å². The second-order valence-corrected chi connectivity index (χ2v) is 4.37. The molecule has 19 heavy (non-hydrogen) atoms. The van der Waals surface area contributed by atoms with E-state index in [2.05, 4.69) is 10.6 Å². The number of carbonyl (C=O) groups excluding carboxylic acids is 3. The summed E-state index contributed by atoms with van der Waals surface area (Å²) in [7, 11) is 0. The van der Waals surface area contributed by atoms with Crippen molar-refractivity contribution in [3.05, 3.63) is 0 Å². The van der Waals surface area contributed by atoms with Crippen LogP contribution >= 0.6 is 0 Å². The van der Waals surface area contributed by atoms with Crippen LogP contribution in [-0.4, -0.2) is 52.4 Å². The van der Waals surface area contributed by atoms with Crippen LogP contribution in [0, 0.1) is 0 Å². The molecule has 8 nitrogen and oxygen atoms in total. The number of carbonyl (C=O) groups is 4. The number of nitrogens with zero attached hydrogens (tertiary/aromatic N) is 1. The fraction of sp³-hybridized carbons (Fsp3) is 0.636. The quantitative estimate of drug-likeness (QED) is 0.584. The molecular formula is C11H17N3O5. The van der Waals surface area contributed by atoms with Gasteiger partial charge < -0.3 is 15.3 Å². The molecular weight excluding hydrogens is 254 g/mol. The zero-order valence-corrected chi connectivity index (χ0v) is 10.8. The van der Waals surface area contributed by atoms with Gasteiger partial charge in [0, 0.05) is 6.04 Å². The molecule has 3 N–H and O–H groups in total. The predicted octanol–water partition coefficient (Wildman–Crippen LogP) is -0.704. The van der Waals surface area contributed by atoms with Gasteiger partial charge in [-0.1, -0.05) is 6.92 Å². The third-order valence-corrected chi connectivity index (χ3v) is 2.93. The first kappa shape index (κ1) is 14.9. The van der Waals surface area contributed by atoms with Gasteiger partial charge in [0.25, 0.3) is 0 Å². The van der Waals surface area contributed by atoms with Gasteiger partial charge in [-0.15, -0.1) is 0 Å². The van der Waals surface area contributed by atoms with Crippen LogP contribution in [0.4, 0.5) is 4.79 Å². The molecule has 0 aromatic rings. The summed E-state index contributed by atoms with van der Waals surface area (Å²) in [5.41, 5.74) is 0. The van der Waals surface area contributed by atoms with Gasteiger partial charge in [-0.3, -0.25) is 19.7 Å². The molecule has 1 aliphatic heterocycles. The lowest BCUT2D eigenvalue weighted by molar-refractivity contribution is -0.139. The minimum atomic E-state index is -1.02. The molecule has 1 aliphatic rings. The number of hydrogen-bond donors (Lipinski definition) is 3. The number of piperazine rings is 1. The molecule has 1 fully saturated rings. The zero-order valence-electron chi connectivity index (χ0n) is 10.8. The molecule has 0 spiro atoms. The van der Waals surface area contributed by atoms with E-state index in [1.807, 2.05) is 0 Å². The Kier molecular flexibility index (Phi) is 4.85. The molecule has 106 valence electrons. The summed E-state index contributed by atoms with van der Waals surface area (Å²) in [4.78, 5) is 46.3. The van der Waals surface area contributed by atoms with Crippen LogP contribution in [0.15, 0.2) is 0 Å². The Balaban J connectivity index is 2.67. The van der Waals surface area contributed by atoms with Crippen molar-refractivity contribution in [2.24, 2.45) is 0 Å². The van der Waals surface area contributed by atoms with E-state index < -0.39 is 35.9 Å². The minimum Gasteiger partial charge on any atom is -0.481 e. The smallest absolute Gasteiger partial charge is 0.318 e. The number of hydrogen-bond acceptors (Lipinski definition) is 4. The topological polar surface area (TPSA) is 116 Å². The molecule has 0 aliphatic carbocycles. The molecule has 1 heterocycles. The van der Waals surface area contributed by atoms with Crippen molar-refractivity contribution < 1.29 is 24.3 Å². The second kappa shape index (κ2) is 6.17. The molecule has 0 aromatic heterocycles. The van der Waals surface area contributed by atoms with Crippen molar-refractivity contribution in [2.45, 2.75) is 38.8 Å². The van der Waals surface area contributed by atoms with E-state index >= 15 is 0 Å². The van der Waals surface area contributed by atoms with Crippen molar-refractivity contribution >= 4 is 23.8 Å². The summed E-state index contributed by atoms with van der Waals surface area (Å²) in [6.45, 7) is 3.02. The maximum absolute atomic E-state index is 11.9. The molecule has 0 saturated carbocycles. The molecule has 1 rings (SSSR count). The van der Waals surface area contributed by atoms with Crippen LogP contribution in [0.1, 0.15) is 26.7 Å². The third-order valence-electron chi connectivity index (χ3n) is 2.93. The van der Waals surface area contributed by atoms with Gasteiger partial charge in [0.2, 0.25) is 11.8 Å². The van der Waals surface area contributed by atoms with Gasteiger partial charge in [-0.05, 0) is 13.3 Å². The summed E-state index contributed by atoms with van der Waals surface area (Å²) in [5.74, 6) is -2.12. The van der Waals surface area contributed by atoms with Crippen LogP contribution in [0.3, 0.4) is 0 Å². The Hall–Kier alpha value is -2.12. The first-order valence-electron chi connectivity index (χ1n) is 5.97. The van der Waals surface area contributed by atoms with E-state index in [1.54, 1.807) is 6.92 Å². The van der Waals surface area contributed by atoms with Gasteiger partial charge in [-0.25, -0.2) is 4.79 Å². The Morgan fingerprint density at radius 1 is 1.53 bits per heavy atom. The average molecular weight is 271 g/mol. The number of aliphatic carboxylic acids is 1. The summed E-state index contributed by atoms with van der Waals surface area (Å²) in [6, 6.07) is -1.90. The number of imide groups is 1. The zero-order chi connectivity index (χ0) is 14.6. The molecule has 8 heteroatoms. The summed E-state index contributed by atoms with van der Waals surface area (Å²) < 4.78 is 0. The van der Waals surface area contributed by atoms with Gasteiger partial charge in [0.15, 0.2) is 0 Å².